The van der Waals surface area contributed by atoms with Crippen LogP contribution in [0.3, 0.4) is 0 Å². The summed E-state index contributed by atoms with van der Waals surface area (Å²) in [4.78, 5) is 11.8. The Hall–Kier alpha value is -0.790. The largest absolute Gasteiger partial charge is 0.388 e. The topological polar surface area (TPSA) is 29.1 Å². The smallest absolute Gasteiger partial charge is 0.160 e. The van der Waals surface area contributed by atoms with Crippen molar-refractivity contribution in [3.63, 3.8) is 0 Å². The lowest BCUT2D eigenvalue weighted by molar-refractivity contribution is -0.117. The van der Waals surface area contributed by atoms with Gasteiger partial charge in [0.05, 0.1) is 0 Å². The lowest BCUT2D eigenvalue weighted by Gasteiger charge is -2.31. The number of nitrogens with one attached hydrogen (secondary N) is 1. The molecule has 1 atom stereocenters. The molecule has 0 spiro atoms. The third-order valence-electron chi connectivity index (χ3n) is 3.36. The van der Waals surface area contributed by atoms with Crippen molar-refractivity contribution >= 4 is 5.78 Å². The summed E-state index contributed by atoms with van der Waals surface area (Å²) in [6, 6.07) is 0. The van der Waals surface area contributed by atoms with Crippen molar-refractivity contribution in [1.29, 1.82) is 0 Å². The molecule has 0 bridgehead atoms. The van der Waals surface area contributed by atoms with E-state index in [1.807, 2.05) is 0 Å². The van der Waals surface area contributed by atoms with Gasteiger partial charge in [-0.1, -0.05) is 0 Å². The summed E-state index contributed by atoms with van der Waals surface area (Å²) in [7, 11) is 0. The molecule has 1 unspecified atom stereocenters. The molecule has 0 radical (unpaired) electrons. The normalized spacial score (nSPS) is 27.5. The molecule has 0 heterocycles. The van der Waals surface area contributed by atoms with E-state index in [0.29, 0.717) is 11.7 Å². The van der Waals surface area contributed by atoms with E-state index in [-0.39, 0.29) is 0 Å². The first-order chi connectivity index (χ1) is 6.83. The van der Waals surface area contributed by atoms with E-state index in [2.05, 4.69) is 12.2 Å². The standard InChI is InChI=1S/C12H19NO/c1-2-13-10-7-3-5-9-6-4-8-11(14)12(9)10/h9,13H,2-8H2,1H3. The van der Waals surface area contributed by atoms with E-state index in [9.17, 15) is 4.79 Å². The average molecular weight is 193 g/mol. The Morgan fingerprint density at radius 1 is 1.29 bits per heavy atom. The van der Waals surface area contributed by atoms with E-state index in [1.165, 1.54) is 25.0 Å². The molecule has 14 heavy (non-hydrogen) atoms. The minimum Gasteiger partial charge on any atom is -0.388 e. The SMILES string of the molecule is CCNC1=C2C(=O)CCCC2CCC1. The zero-order chi connectivity index (χ0) is 9.97. The summed E-state index contributed by atoms with van der Waals surface area (Å²) < 4.78 is 0. The highest BCUT2D eigenvalue weighted by Gasteiger charge is 2.30. The van der Waals surface area contributed by atoms with Crippen LogP contribution in [0.2, 0.25) is 0 Å². The van der Waals surface area contributed by atoms with Crippen molar-refractivity contribution in [3.8, 4) is 0 Å². The molecule has 0 amide bonds. The van der Waals surface area contributed by atoms with E-state index in [4.69, 9.17) is 0 Å². The molecule has 2 aliphatic rings. The molecule has 1 saturated carbocycles. The van der Waals surface area contributed by atoms with E-state index < -0.39 is 0 Å². The van der Waals surface area contributed by atoms with Crippen molar-refractivity contribution < 1.29 is 4.79 Å². The molecule has 1 N–H and O–H groups in total. The minimum atomic E-state index is 0.414. The summed E-state index contributed by atoms with van der Waals surface area (Å²) in [5.74, 6) is 0.996. The van der Waals surface area contributed by atoms with Gasteiger partial charge in [-0.2, -0.15) is 0 Å². The number of allylic oxidation sites excluding steroid dienone is 2. The molecule has 78 valence electrons. The number of carbonyl (C=O) groups is 1. The molecule has 1 fully saturated rings. The lowest BCUT2D eigenvalue weighted by Crippen LogP contribution is -2.29. The molecule has 0 aliphatic heterocycles. The first kappa shape index (κ1) is 9.75. The van der Waals surface area contributed by atoms with Crippen LogP contribution in [0.25, 0.3) is 0 Å². The number of ketones is 1. The molecule has 0 aromatic rings. The highest BCUT2D eigenvalue weighted by molar-refractivity contribution is 5.97. The van der Waals surface area contributed by atoms with Gasteiger partial charge in [-0.3, -0.25) is 4.79 Å². The fraction of sp³-hybridized carbons (Fsp3) is 0.750. The Morgan fingerprint density at radius 3 is 2.71 bits per heavy atom. The number of carbonyl (C=O) groups excluding carboxylic acids is 1. The summed E-state index contributed by atoms with van der Waals surface area (Å²) >= 11 is 0. The monoisotopic (exact) mass is 193 g/mol. The van der Waals surface area contributed by atoms with Gasteiger partial charge in [0.15, 0.2) is 5.78 Å². The average Bonchev–Trinajstić information content (AvgIpc) is 2.19. The van der Waals surface area contributed by atoms with Gasteiger partial charge >= 0.3 is 0 Å². The first-order valence-corrected chi connectivity index (χ1v) is 5.83. The van der Waals surface area contributed by atoms with E-state index in [1.54, 1.807) is 0 Å². The zero-order valence-electron chi connectivity index (χ0n) is 8.94. The zero-order valence-corrected chi connectivity index (χ0v) is 8.94. The second kappa shape index (κ2) is 4.16. The van der Waals surface area contributed by atoms with Gasteiger partial charge in [-0.05, 0) is 44.9 Å². The van der Waals surface area contributed by atoms with Crippen molar-refractivity contribution in [1.82, 2.24) is 5.32 Å². The van der Waals surface area contributed by atoms with E-state index >= 15 is 0 Å². The van der Waals surface area contributed by atoms with Crippen LogP contribution >= 0.6 is 0 Å². The molecular weight excluding hydrogens is 174 g/mol. The van der Waals surface area contributed by atoms with Crippen LogP contribution in [0.4, 0.5) is 0 Å². The highest BCUT2D eigenvalue weighted by Crippen LogP contribution is 2.37. The van der Waals surface area contributed by atoms with Crippen molar-refractivity contribution in [2.24, 2.45) is 5.92 Å². The quantitative estimate of drug-likeness (QED) is 0.729. The number of rotatable bonds is 2. The maximum absolute atomic E-state index is 11.8. The molecule has 2 nitrogen and oxygen atoms in total. The third-order valence-corrected chi connectivity index (χ3v) is 3.36. The fourth-order valence-electron chi connectivity index (χ4n) is 2.78. The van der Waals surface area contributed by atoms with Crippen molar-refractivity contribution in [2.45, 2.75) is 45.4 Å². The number of fused-ring (bicyclic) bond motifs is 1. The predicted molar refractivity (Wildman–Crippen MR) is 56.9 cm³/mol. The molecule has 0 aromatic heterocycles. The van der Waals surface area contributed by atoms with Crippen LogP contribution in [0, 0.1) is 5.92 Å². The van der Waals surface area contributed by atoms with Crippen LogP contribution in [0.5, 0.6) is 0 Å². The van der Waals surface area contributed by atoms with Gasteiger partial charge in [0.25, 0.3) is 0 Å². The van der Waals surface area contributed by atoms with Gasteiger partial charge in [0.2, 0.25) is 0 Å². The number of Topliss-reactive ketones (excluding diaryl/α,β-unsaturated/α-hetero) is 1. The van der Waals surface area contributed by atoms with Gasteiger partial charge < -0.3 is 5.32 Å². The molecule has 2 aliphatic carbocycles. The third kappa shape index (κ3) is 1.70. The molecule has 0 aromatic carbocycles. The summed E-state index contributed by atoms with van der Waals surface area (Å²) in [6.07, 6.45) is 6.69. The molecule has 2 heteroatoms. The van der Waals surface area contributed by atoms with Crippen LogP contribution in [-0.2, 0) is 4.79 Å². The maximum Gasteiger partial charge on any atom is 0.160 e. The van der Waals surface area contributed by atoms with Crippen molar-refractivity contribution in [3.05, 3.63) is 11.3 Å². The van der Waals surface area contributed by atoms with Crippen molar-refractivity contribution in [2.75, 3.05) is 6.54 Å². The van der Waals surface area contributed by atoms with Gasteiger partial charge in [0, 0.05) is 24.2 Å². The fourth-order valence-corrected chi connectivity index (χ4v) is 2.78. The second-order valence-electron chi connectivity index (χ2n) is 4.33. The second-order valence-corrected chi connectivity index (χ2v) is 4.33. The molecular formula is C12H19NO. The van der Waals surface area contributed by atoms with Crippen LogP contribution in [0.1, 0.15) is 45.4 Å². The predicted octanol–water partition coefficient (Wildman–Crippen LogP) is 2.40. The van der Waals surface area contributed by atoms with Gasteiger partial charge in [-0.25, -0.2) is 0 Å². The van der Waals surface area contributed by atoms with Gasteiger partial charge in [0.1, 0.15) is 0 Å². The number of hydrogen-bond donors (Lipinski definition) is 1. The van der Waals surface area contributed by atoms with Crippen LogP contribution < -0.4 is 5.32 Å². The van der Waals surface area contributed by atoms with E-state index in [0.717, 1.165) is 31.4 Å². The number of hydrogen-bond acceptors (Lipinski definition) is 2. The Balaban J connectivity index is 2.26. The summed E-state index contributed by atoms with van der Waals surface area (Å²) in [6.45, 7) is 3.04. The Labute approximate surface area is 85.8 Å². The molecule has 2 rings (SSSR count). The van der Waals surface area contributed by atoms with Crippen LogP contribution in [0.15, 0.2) is 11.3 Å². The minimum absolute atomic E-state index is 0.414. The lowest BCUT2D eigenvalue weighted by atomic mass is 9.75. The summed E-state index contributed by atoms with van der Waals surface area (Å²) in [5, 5.41) is 3.37. The Kier molecular flexibility index (Phi) is 2.90. The first-order valence-electron chi connectivity index (χ1n) is 5.83. The highest BCUT2D eigenvalue weighted by atomic mass is 16.1. The Morgan fingerprint density at radius 2 is 2.00 bits per heavy atom. The maximum atomic E-state index is 11.8. The Bertz CT molecular complexity index is 267. The van der Waals surface area contributed by atoms with Gasteiger partial charge in [-0.15, -0.1) is 0 Å². The molecule has 0 saturated heterocycles. The summed E-state index contributed by atoms with van der Waals surface area (Å²) in [5.41, 5.74) is 2.41. The van der Waals surface area contributed by atoms with Crippen LogP contribution in [-0.4, -0.2) is 12.3 Å².